The van der Waals surface area contributed by atoms with Crippen LogP contribution in [0.25, 0.3) is 33.5 Å². The second kappa shape index (κ2) is 9.74. The SMILES string of the molecule is Cc1nc2ccc(Nc3nc(COCC(C)C)nc4nc(-c5ncccc5C(F)(F)F)ccc34)cc2o1. The minimum atomic E-state index is -4.58. The molecule has 37 heavy (non-hydrogen) atoms. The summed E-state index contributed by atoms with van der Waals surface area (Å²) in [6.45, 7) is 6.43. The van der Waals surface area contributed by atoms with E-state index in [1.807, 2.05) is 26.0 Å². The Hall–Kier alpha value is -4.12. The fourth-order valence-electron chi connectivity index (χ4n) is 3.83. The Balaban J connectivity index is 1.58. The van der Waals surface area contributed by atoms with Crippen LogP contribution >= 0.6 is 0 Å². The van der Waals surface area contributed by atoms with Crippen molar-refractivity contribution in [3.8, 4) is 11.4 Å². The van der Waals surface area contributed by atoms with Gasteiger partial charge in [0.05, 0.1) is 16.6 Å². The van der Waals surface area contributed by atoms with E-state index in [0.717, 1.165) is 11.6 Å². The predicted octanol–water partition coefficient (Wildman–Crippen LogP) is 6.47. The number of alkyl halides is 3. The van der Waals surface area contributed by atoms with Gasteiger partial charge in [0.1, 0.15) is 23.6 Å². The first kappa shape index (κ1) is 24.6. The van der Waals surface area contributed by atoms with Crippen molar-refractivity contribution < 1.29 is 22.3 Å². The predicted molar refractivity (Wildman–Crippen MR) is 132 cm³/mol. The first-order valence-electron chi connectivity index (χ1n) is 11.6. The smallest absolute Gasteiger partial charge is 0.418 e. The minimum Gasteiger partial charge on any atom is -0.441 e. The monoisotopic (exact) mass is 508 g/mol. The number of halogens is 3. The molecule has 0 atom stereocenters. The second-order valence-corrected chi connectivity index (χ2v) is 8.90. The summed E-state index contributed by atoms with van der Waals surface area (Å²) in [7, 11) is 0. The van der Waals surface area contributed by atoms with Crippen molar-refractivity contribution in [1.29, 1.82) is 0 Å². The van der Waals surface area contributed by atoms with E-state index in [2.05, 4.69) is 30.2 Å². The van der Waals surface area contributed by atoms with E-state index < -0.39 is 11.7 Å². The van der Waals surface area contributed by atoms with Crippen LogP contribution in [-0.2, 0) is 17.5 Å². The van der Waals surface area contributed by atoms with Crippen LogP contribution in [0, 0.1) is 12.8 Å². The number of benzene rings is 1. The average Bonchev–Trinajstić information content (AvgIpc) is 3.22. The first-order chi connectivity index (χ1) is 17.7. The van der Waals surface area contributed by atoms with Gasteiger partial charge in [0.2, 0.25) is 0 Å². The molecule has 0 aliphatic rings. The summed E-state index contributed by atoms with van der Waals surface area (Å²) < 4.78 is 52.1. The van der Waals surface area contributed by atoms with E-state index in [1.54, 1.807) is 19.1 Å². The van der Waals surface area contributed by atoms with Gasteiger partial charge in [-0.1, -0.05) is 13.8 Å². The summed E-state index contributed by atoms with van der Waals surface area (Å²) >= 11 is 0. The summed E-state index contributed by atoms with van der Waals surface area (Å²) in [6, 6.07) is 10.8. The third-order valence-electron chi connectivity index (χ3n) is 5.40. The molecule has 5 rings (SSSR count). The van der Waals surface area contributed by atoms with Gasteiger partial charge < -0.3 is 14.5 Å². The molecule has 4 aromatic heterocycles. The van der Waals surface area contributed by atoms with E-state index in [1.165, 1.54) is 18.3 Å². The van der Waals surface area contributed by atoms with Gasteiger partial charge in [-0.3, -0.25) is 4.98 Å². The molecule has 0 saturated carbocycles. The number of ether oxygens (including phenoxy) is 1. The Labute approximate surface area is 210 Å². The molecule has 8 nitrogen and oxygen atoms in total. The van der Waals surface area contributed by atoms with Crippen LogP contribution in [0.4, 0.5) is 24.7 Å². The van der Waals surface area contributed by atoms with Crippen molar-refractivity contribution in [2.45, 2.75) is 33.6 Å². The van der Waals surface area contributed by atoms with Crippen molar-refractivity contribution in [2.24, 2.45) is 5.92 Å². The number of nitrogens with one attached hydrogen (secondary N) is 1. The van der Waals surface area contributed by atoms with Gasteiger partial charge in [0, 0.05) is 31.5 Å². The number of nitrogens with zero attached hydrogens (tertiary/aromatic N) is 5. The highest BCUT2D eigenvalue weighted by atomic mass is 19.4. The first-order valence-corrected chi connectivity index (χ1v) is 11.6. The van der Waals surface area contributed by atoms with E-state index in [-0.39, 0.29) is 23.6 Å². The normalized spacial score (nSPS) is 12.1. The van der Waals surface area contributed by atoms with Gasteiger partial charge in [-0.15, -0.1) is 0 Å². The zero-order valence-electron chi connectivity index (χ0n) is 20.3. The summed E-state index contributed by atoms with van der Waals surface area (Å²) in [6.07, 6.45) is -3.28. The molecule has 0 aliphatic heterocycles. The number of fused-ring (bicyclic) bond motifs is 2. The lowest BCUT2D eigenvalue weighted by molar-refractivity contribution is -0.137. The highest BCUT2D eigenvalue weighted by Crippen LogP contribution is 2.36. The quantitative estimate of drug-likeness (QED) is 0.267. The lowest BCUT2D eigenvalue weighted by Gasteiger charge is -2.14. The van der Waals surface area contributed by atoms with Crippen LogP contribution < -0.4 is 5.32 Å². The molecule has 0 fully saturated rings. The lowest BCUT2D eigenvalue weighted by atomic mass is 10.1. The van der Waals surface area contributed by atoms with E-state index in [4.69, 9.17) is 9.15 Å². The molecule has 0 bridgehead atoms. The van der Waals surface area contributed by atoms with Crippen molar-refractivity contribution in [1.82, 2.24) is 24.9 Å². The summed E-state index contributed by atoms with van der Waals surface area (Å²) in [4.78, 5) is 21.8. The van der Waals surface area contributed by atoms with Crippen LogP contribution in [-0.4, -0.2) is 31.5 Å². The van der Waals surface area contributed by atoms with Crippen molar-refractivity contribution in [3.05, 3.63) is 65.9 Å². The number of hydrogen-bond donors (Lipinski definition) is 1. The third-order valence-corrected chi connectivity index (χ3v) is 5.40. The summed E-state index contributed by atoms with van der Waals surface area (Å²) in [5.41, 5.74) is 1.15. The van der Waals surface area contributed by atoms with Crippen LogP contribution in [0.2, 0.25) is 0 Å². The van der Waals surface area contributed by atoms with Gasteiger partial charge >= 0.3 is 6.18 Å². The largest absolute Gasteiger partial charge is 0.441 e. The molecule has 4 heterocycles. The number of anilines is 2. The molecule has 0 amide bonds. The zero-order valence-corrected chi connectivity index (χ0v) is 20.3. The number of pyridine rings is 2. The Morgan fingerprint density at radius 2 is 1.86 bits per heavy atom. The molecule has 0 aliphatic carbocycles. The van der Waals surface area contributed by atoms with Gasteiger partial charge in [0.15, 0.2) is 22.9 Å². The van der Waals surface area contributed by atoms with E-state index in [0.29, 0.717) is 46.7 Å². The summed E-state index contributed by atoms with van der Waals surface area (Å²) in [5.74, 6) is 1.63. The van der Waals surface area contributed by atoms with Gasteiger partial charge in [0.25, 0.3) is 0 Å². The Morgan fingerprint density at radius 1 is 1.03 bits per heavy atom. The molecule has 0 saturated heterocycles. The maximum Gasteiger partial charge on any atom is 0.418 e. The molecular formula is C26H23F3N6O2. The Morgan fingerprint density at radius 3 is 2.65 bits per heavy atom. The minimum absolute atomic E-state index is 0.0534. The van der Waals surface area contributed by atoms with Gasteiger partial charge in [-0.2, -0.15) is 13.2 Å². The van der Waals surface area contributed by atoms with Crippen molar-refractivity contribution in [3.63, 3.8) is 0 Å². The van der Waals surface area contributed by atoms with E-state index >= 15 is 0 Å². The molecule has 0 spiro atoms. The van der Waals surface area contributed by atoms with Gasteiger partial charge in [-0.05, 0) is 42.3 Å². The van der Waals surface area contributed by atoms with Crippen LogP contribution in [0.15, 0.2) is 53.1 Å². The number of oxazole rings is 1. The molecular weight excluding hydrogens is 485 g/mol. The molecule has 0 unspecified atom stereocenters. The highest BCUT2D eigenvalue weighted by Gasteiger charge is 2.34. The maximum absolute atomic E-state index is 13.6. The summed E-state index contributed by atoms with van der Waals surface area (Å²) in [5, 5.41) is 3.78. The number of hydrogen-bond acceptors (Lipinski definition) is 8. The molecule has 190 valence electrons. The standard InChI is InChI=1S/C26H23F3N6O2/c1-14(2)12-36-13-22-34-24(32-16-6-8-19-21(11-16)37-15(3)31-19)17-7-9-20(33-25(17)35-22)23-18(26(27,28)29)5-4-10-30-23/h4-11,14H,12-13H2,1-3H3,(H,32,33,34,35). The van der Waals surface area contributed by atoms with Crippen LogP contribution in [0.3, 0.4) is 0 Å². The van der Waals surface area contributed by atoms with Crippen LogP contribution in [0.1, 0.15) is 31.1 Å². The fourth-order valence-corrected chi connectivity index (χ4v) is 3.83. The number of rotatable bonds is 7. The van der Waals surface area contributed by atoms with E-state index in [9.17, 15) is 13.2 Å². The highest BCUT2D eigenvalue weighted by molar-refractivity contribution is 5.91. The average molecular weight is 509 g/mol. The maximum atomic E-state index is 13.6. The molecule has 5 aromatic rings. The molecule has 1 N–H and O–H groups in total. The van der Waals surface area contributed by atoms with Crippen molar-refractivity contribution >= 4 is 33.6 Å². The van der Waals surface area contributed by atoms with Gasteiger partial charge in [-0.25, -0.2) is 19.9 Å². The lowest BCUT2D eigenvalue weighted by Crippen LogP contribution is -2.10. The number of aromatic nitrogens is 5. The van der Waals surface area contributed by atoms with Crippen molar-refractivity contribution in [2.75, 3.05) is 11.9 Å². The fraction of sp³-hybridized carbons (Fsp3) is 0.269. The molecule has 1 aromatic carbocycles. The Kier molecular flexibility index (Phi) is 6.46. The second-order valence-electron chi connectivity index (χ2n) is 8.90. The molecule has 11 heteroatoms. The van der Waals surface area contributed by atoms with Crippen LogP contribution in [0.5, 0.6) is 0 Å². The molecule has 0 radical (unpaired) electrons. The zero-order chi connectivity index (χ0) is 26.2. The third kappa shape index (κ3) is 5.36. The topological polar surface area (TPSA) is 98.9 Å². The number of aryl methyl sites for hydroxylation is 1. The Bertz CT molecular complexity index is 1580.